The molecule has 13 heteroatoms. The lowest BCUT2D eigenvalue weighted by Gasteiger charge is -2.13. The molecule has 0 saturated carbocycles. The fraction of sp³-hybridized carbons (Fsp3) is 0.0938. The molecule has 376 valence electrons. The van der Waals surface area contributed by atoms with Gasteiger partial charge in [0.2, 0.25) is 0 Å². The summed E-state index contributed by atoms with van der Waals surface area (Å²) in [6.07, 6.45) is 0. The summed E-state index contributed by atoms with van der Waals surface area (Å²) in [5.41, 5.74) is 18.2. The maximum atomic E-state index is 10.1. The highest BCUT2D eigenvalue weighted by atomic mass is 35.5. The molecule has 0 amide bonds. The van der Waals surface area contributed by atoms with Crippen molar-refractivity contribution in [2.75, 3.05) is 25.3 Å². The first-order chi connectivity index (χ1) is 37.7. The van der Waals surface area contributed by atoms with E-state index in [9.17, 15) is 10.5 Å². The number of nitrogen functional groups attached to an aromatic ring is 1. The van der Waals surface area contributed by atoms with E-state index in [4.69, 9.17) is 36.8 Å². The largest absolute Gasteiger partial charge is 0.497 e. The Morgan fingerprint density at radius 1 is 0.494 bits per heavy atom. The van der Waals surface area contributed by atoms with E-state index >= 15 is 0 Å². The van der Waals surface area contributed by atoms with E-state index in [1.807, 2.05) is 194 Å². The van der Waals surface area contributed by atoms with E-state index in [1.165, 1.54) is 0 Å². The molecule has 0 spiro atoms. The van der Waals surface area contributed by atoms with Gasteiger partial charge in [0, 0.05) is 69.3 Å². The van der Waals surface area contributed by atoms with Crippen LogP contribution in [0, 0.1) is 22.7 Å². The summed E-state index contributed by atoms with van der Waals surface area (Å²) in [5, 5.41) is 27.4. The summed E-state index contributed by atoms with van der Waals surface area (Å²) in [6.45, 7) is 5.66. The van der Waals surface area contributed by atoms with E-state index in [-0.39, 0.29) is 0 Å². The van der Waals surface area contributed by atoms with E-state index < -0.39 is 0 Å². The highest BCUT2D eigenvalue weighted by Crippen LogP contribution is 2.38. The third-order valence-electron chi connectivity index (χ3n) is 13.2. The molecule has 0 unspecified atom stereocenters. The number of hydrogen-bond acceptors (Lipinski definition) is 10. The second-order valence-corrected chi connectivity index (χ2v) is 18.1. The Bertz CT molecular complexity index is 4160. The molecule has 0 radical (unpaired) electrons. The molecule has 3 N–H and O–H groups in total. The van der Waals surface area contributed by atoms with E-state index in [1.54, 1.807) is 14.2 Å². The van der Waals surface area contributed by atoms with Crippen LogP contribution >= 0.6 is 11.6 Å². The number of ether oxygens (including phenoxy) is 2. The molecule has 4 aromatic heterocycles. The molecule has 0 saturated heterocycles. The Morgan fingerprint density at radius 3 is 1.42 bits per heavy atom. The molecule has 0 atom stereocenters. The Hall–Kier alpha value is -10.0. The number of benzene rings is 8. The number of nitriles is 2. The van der Waals surface area contributed by atoms with Crippen LogP contribution in [0.1, 0.15) is 25.0 Å². The van der Waals surface area contributed by atoms with Crippen molar-refractivity contribution in [3.05, 3.63) is 210 Å². The van der Waals surface area contributed by atoms with Gasteiger partial charge in [0.15, 0.2) is 11.6 Å². The summed E-state index contributed by atoms with van der Waals surface area (Å²) in [6, 6.07) is 67.7. The topological polar surface area (TPSA) is 166 Å². The van der Waals surface area contributed by atoms with Gasteiger partial charge in [-0.1, -0.05) is 121 Å². The highest BCUT2D eigenvalue weighted by Gasteiger charge is 2.21. The number of nitrogens with one attached hydrogen (secondary N) is 1. The lowest BCUT2D eigenvalue weighted by molar-refractivity contribution is 0.415. The van der Waals surface area contributed by atoms with Crippen molar-refractivity contribution in [1.29, 1.82) is 10.5 Å². The maximum absolute atomic E-state index is 10.1. The summed E-state index contributed by atoms with van der Waals surface area (Å²) in [5.74, 6) is 3.63. The summed E-state index contributed by atoms with van der Waals surface area (Å²) < 4.78 is 15.1. The van der Waals surface area contributed by atoms with Gasteiger partial charge in [0.25, 0.3) is 0 Å². The number of anilines is 3. The number of aromatic nitrogens is 6. The van der Waals surface area contributed by atoms with Crippen LogP contribution in [-0.4, -0.2) is 43.3 Å². The molecule has 0 aliphatic carbocycles. The minimum atomic E-state index is 0.495. The molecule has 0 fully saturated rings. The normalized spacial score (nSPS) is 10.8. The lowest BCUT2D eigenvalue weighted by atomic mass is 10.1. The smallest absolute Gasteiger partial charge is 0.162 e. The number of nitrogens with zero attached hydrogens (tertiary/aromatic N) is 8. The molecule has 12 aromatic rings. The summed E-state index contributed by atoms with van der Waals surface area (Å²) >= 11 is 6.16. The van der Waals surface area contributed by atoms with Gasteiger partial charge in [-0.15, -0.1) is 0 Å². The number of hydrogen-bond donors (Lipinski definition) is 2. The first kappa shape index (κ1) is 50.5. The van der Waals surface area contributed by atoms with Gasteiger partial charge in [-0.2, -0.15) is 10.5 Å². The minimum Gasteiger partial charge on any atom is -0.497 e. The van der Waals surface area contributed by atoms with E-state index in [0.717, 1.165) is 113 Å². The average molecular weight is 1030 g/mol. The lowest BCUT2D eigenvalue weighted by Crippen LogP contribution is -2.00. The molecule has 12 nitrogen and oxygen atoms in total. The van der Waals surface area contributed by atoms with Crippen molar-refractivity contribution in [2.45, 2.75) is 26.9 Å². The zero-order valence-electron chi connectivity index (χ0n) is 42.7. The van der Waals surface area contributed by atoms with Crippen molar-refractivity contribution in [3.8, 4) is 68.9 Å². The van der Waals surface area contributed by atoms with Crippen LogP contribution in [0.3, 0.4) is 0 Å². The van der Waals surface area contributed by atoms with Gasteiger partial charge in [0.1, 0.15) is 34.6 Å². The van der Waals surface area contributed by atoms with Gasteiger partial charge < -0.3 is 29.7 Å². The molecule has 4 heterocycles. The quantitative estimate of drug-likeness (QED) is 0.0994. The first-order valence-corrected chi connectivity index (χ1v) is 25.4. The van der Waals surface area contributed by atoms with Crippen LogP contribution in [0.15, 0.2) is 194 Å². The third kappa shape index (κ3) is 10.3. The fourth-order valence-corrected chi connectivity index (χ4v) is 9.77. The van der Waals surface area contributed by atoms with Crippen molar-refractivity contribution in [1.82, 2.24) is 29.1 Å². The SMILES string of the molecule is CCn1c(-c2ccc(N)cc2)c(C#N)c2ccc(OC)cc21.CCn1c(-c2ccc(Nc3nc(-c4ccccc4)nc4ccccc34)cc2)c(C#N)c2ccc(OC)cc21.Clc1nc(-c2ccccc2)nc2ccccc12. The first-order valence-electron chi connectivity index (χ1n) is 25.0. The fourth-order valence-electron chi connectivity index (χ4n) is 9.53. The second-order valence-electron chi connectivity index (χ2n) is 17.8. The Balaban J connectivity index is 0.000000145. The van der Waals surface area contributed by atoms with E-state index in [0.29, 0.717) is 33.6 Å². The number of fused-ring (bicyclic) bond motifs is 4. The average Bonchev–Trinajstić information content (AvgIpc) is 4.10. The summed E-state index contributed by atoms with van der Waals surface area (Å²) in [7, 11) is 3.30. The molecule has 8 aromatic carbocycles. The second kappa shape index (κ2) is 22.6. The Labute approximate surface area is 450 Å². The molecular formula is C64H51ClN10O2. The van der Waals surface area contributed by atoms with Crippen molar-refractivity contribution in [3.63, 3.8) is 0 Å². The van der Waals surface area contributed by atoms with Crippen LogP contribution in [0.5, 0.6) is 11.5 Å². The van der Waals surface area contributed by atoms with Crippen molar-refractivity contribution in [2.24, 2.45) is 0 Å². The molecule has 0 aliphatic heterocycles. The number of methoxy groups -OCH3 is 2. The van der Waals surface area contributed by atoms with Crippen LogP contribution in [0.2, 0.25) is 5.15 Å². The van der Waals surface area contributed by atoms with E-state index in [2.05, 4.69) is 50.4 Å². The number of aryl methyl sites for hydroxylation is 2. The van der Waals surface area contributed by atoms with Crippen molar-refractivity contribution < 1.29 is 9.47 Å². The van der Waals surface area contributed by atoms with Crippen LogP contribution in [0.25, 0.3) is 88.9 Å². The molecular weight excluding hydrogens is 976 g/mol. The monoisotopic (exact) mass is 1030 g/mol. The van der Waals surface area contributed by atoms with Gasteiger partial charge in [0.05, 0.1) is 58.8 Å². The van der Waals surface area contributed by atoms with Gasteiger partial charge >= 0.3 is 0 Å². The van der Waals surface area contributed by atoms with Crippen LogP contribution < -0.4 is 20.5 Å². The predicted molar refractivity (Wildman–Crippen MR) is 311 cm³/mol. The van der Waals surface area contributed by atoms with Crippen LogP contribution in [-0.2, 0) is 13.1 Å². The molecule has 12 rings (SSSR count). The van der Waals surface area contributed by atoms with Crippen LogP contribution in [0.4, 0.5) is 17.2 Å². The molecule has 0 bridgehead atoms. The minimum absolute atomic E-state index is 0.495. The highest BCUT2D eigenvalue weighted by molar-refractivity contribution is 6.34. The third-order valence-corrected chi connectivity index (χ3v) is 13.5. The standard InChI is InChI=1S/C32H25N5O.C18H17N3O.C14H9ClN2/c1-3-37-29-19-24(38-2)17-18-25(29)27(20-33)30(37)21-13-15-23(16-14-21)34-32-26-11-7-8-12-28(26)35-31(36-32)22-9-5-4-6-10-22;1-3-21-17-10-14(22-2)8-9-15(17)16(11-19)18(21)12-4-6-13(20)7-5-12;15-13-11-8-4-5-9-12(11)16-14(17-13)10-6-2-1-3-7-10/h4-19H,3H2,1-2H3,(H,34,35,36);4-10H,3,20H2,1-2H3;1-9H. The van der Waals surface area contributed by atoms with Gasteiger partial charge in [-0.25, -0.2) is 19.9 Å². The number of nitrogens with two attached hydrogens (primary N) is 1. The zero-order valence-corrected chi connectivity index (χ0v) is 43.5. The Kier molecular flexibility index (Phi) is 14.8. The predicted octanol–water partition coefficient (Wildman–Crippen LogP) is 15.3. The van der Waals surface area contributed by atoms with Gasteiger partial charge in [-0.05, 0) is 97.8 Å². The summed E-state index contributed by atoms with van der Waals surface area (Å²) in [4.78, 5) is 18.5. The molecule has 0 aliphatic rings. The maximum Gasteiger partial charge on any atom is 0.162 e. The van der Waals surface area contributed by atoms with Gasteiger partial charge in [-0.3, -0.25) is 0 Å². The molecule has 77 heavy (non-hydrogen) atoms. The number of rotatable bonds is 10. The number of halogens is 1. The van der Waals surface area contributed by atoms with Crippen molar-refractivity contribution >= 4 is 72.4 Å². The number of para-hydroxylation sites is 2. The Morgan fingerprint density at radius 2 is 0.935 bits per heavy atom. The zero-order chi connectivity index (χ0) is 53.4.